The van der Waals surface area contributed by atoms with Gasteiger partial charge in [-0.25, -0.2) is 13.8 Å². The molecule has 0 unspecified atom stereocenters. The van der Waals surface area contributed by atoms with Gasteiger partial charge in [0, 0.05) is 6.54 Å². The third-order valence-electron chi connectivity index (χ3n) is 4.06. The minimum atomic E-state index is -0.707. The van der Waals surface area contributed by atoms with Crippen molar-refractivity contribution in [2.24, 2.45) is 0 Å². The number of carbonyl (C=O) groups excluding carboxylic acids is 2. The summed E-state index contributed by atoms with van der Waals surface area (Å²) in [4.78, 5) is 42.0. The second-order valence-corrected chi connectivity index (χ2v) is 6.05. The van der Waals surface area contributed by atoms with Crippen molar-refractivity contribution in [2.75, 3.05) is 11.9 Å². The Balaban J connectivity index is 0.00000124. The van der Waals surface area contributed by atoms with Crippen LogP contribution >= 0.6 is 0 Å². The monoisotopic (exact) mass is 416 g/mol. The van der Waals surface area contributed by atoms with Crippen LogP contribution in [0.4, 0.5) is 14.5 Å². The fraction of sp³-hybridized carbons (Fsp3) is 0.200. The molecule has 30 heavy (non-hydrogen) atoms. The van der Waals surface area contributed by atoms with Gasteiger partial charge in [-0.15, -0.1) is 0 Å². The van der Waals surface area contributed by atoms with Gasteiger partial charge in [-0.3, -0.25) is 14.4 Å². The lowest BCUT2D eigenvalue weighted by molar-refractivity contribution is -0.118. The Bertz CT molecular complexity index is 1190. The van der Waals surface area contributed by atoms with Crippen molar-refractivity contribution in [3.63, 3.8) is 0 Å². The van der Waals surface area contributed by atoms with Crippen molar-refractivity contribution < 1.29 is 23.1 Å². The molecule has 4 rings (SSSR count). The molecule has 0 aliphatic carbocycles. The number of fused-ring (bicyclic) bond motifs is 2. The summed E-state index contributed by atoms with van der Waals surface area (Å²) in [6.45, 7) is 3.63. The number of aromatic amines is 1. The molecule has 0 radical (unpaired) electrons. The van der Waals surface area contributed by atoms with Gasteiger partial charge in [0.15, 0.2) is 24.0 Å². The summed E-state index contributed by atoms with van der Waals surface area (Å²) in [7, 11) is 0. The van der Waals surface area contributed by atoms with Crippen LogP contribution in [-0.4, -0.2) is 28.4 Å². The minimum absolute atomic E-state index is 0.0176. The molecule has 0 saturated heterocycles. The smallest absolute Gasteiger partial charge is 0.287 e. The Hall–Kier alpha value is -3.82. The maximum Gasteiger partial charge on any atom is 0.287 e. The van der Waals surface area contributed by atoms with Crippen LogP contribution in [0.15, 0.2) is 35.1 Å². The molecule has 0 spiro atoms. The highest BCUT2D eigenvalue weighted by Gasteiger charge is 2.21. The number of nitrogens with one attached hydrogen (secondary N) is 3. The van der Waals surface area contributed by atoms with Crippen LogP contribution in [0.3, 0.4) is 0 Å². The number of nitrogens with zero attached hydrogens (tertiary/aromatic N) is 1. The Morgan fingerprint density at radius 1 is 1.20 bits per heavy atom. The number of amides is 2. The summed E-state index contributed by atoms with van der Waals surface area (Å²) < 4.78 is 32.4. The van der Waals surface area contributed by atoms with Crippen molar-refractivity contribution in [2.45, 2.75) is 20.4 Å². The number of anilines is 1. The number of aromatic nitrogens is 2. The van der Waals surface area contributed by atoms with Crippen molar-refractivity contribution >= 4 is 28.4 Å². The number of rotatable bonds is 3. The molecule has 1 aliphatic heterocycles. The summed E-state index contributed by atoms with van der Waals surface area (Å²) in [5, 5.41) is 5.00. The van der Waals surface area contributed by atoms with Gasteiger partial charge in [0.05, 0.1) is 16.6 Å². The van der Waals surface area contributed by atoms with Gasteiger partial charge in [-0.1, -0.05) is 13.8 Å². The second kappa shape index (κ2) is 8.68. The number of H-pyrrole nitrogens is 1. The van der Waals surface area contributed by atoms with E-state index in [1.165, 1.54) is 12.1 Å². The number of benzene rings is 2. The summed E-state index contributed by atoms with van der Waals surface area (Å²) in [5.74, 6) is -2.73. The Kier molecular flexibility index (Phi) is 6.05. The van der Waals surface area contributed by atoms with Gasteiger partial charge >= 0.3 is 0 Å². The molecule has 3 aromatic rings. The van der Waals surface area contributed by atoms with E-state index in [-0.39, 0.29) is 41.3 Å². The second-order valence-electron chi connectivity index (χ2n) is 6.05. The number of hydrogen-bond acceptors (Lipinski definition) is 5. The van der Waals surface area contributed by atoms with Gasteiger partial charge in [0.25, 0.3) is 17.4 Å². The van der Waals surface area contributed by atoms with Crippen LogP contribution in [-0.2, 0) is 11.3 Å². The van der Waals surface area contributed by atoms with E-state index in [4.69, 9.17) is 4.74 Å². The van der Waals surface area contributed by atoms with Crippen molar-refractivity contribution in [3.8, 4) is 5.75 Å². The average molecular weight is 416 g/mol. The molecule has 10 heteroatoms. The molecular formula is C20H18F2N4O4. The van der Waals surface area contributed by atoms with Crippen molar-refractivity contribution in [1.82, 2.24) is 15.3 Å². The third-order valence-corrected chi connectivity index (χ3v) is 4.06. The van der Waals surface area contributed by atoms with Gasteiger partial charge in [-0.05, 0) is 35.9 Å². The molecule has 2 amide bonds. The summed E-state index contributed by atoms with van der Waals surface area (Å²) >= 11 is 0. The van der Waals surface area contributed by atoms with Crippen LogP contribution in [0.5, 0.6) is 5.75 Å². The number of carbonyl (C=O) groups is 2. The molecule has 2 heterocycles. The highest BCUT2D eigenvalue weighted by atomic mass is 19.1. The first-order valence-electron chi connectivity index (χ1n) is 9.13. The zero-order valence-corrected chi connectivity index (χ0v) is 16.1. The predicted molar refractivity (Wildman–Crippen MR) is 105 cm³/mol. The standard InChI is InChI=1S/C18H12F2N4O4.C2H6/c19-9-1-2-12-10(5-9)17(26)24-16(23-12)18(27)21-6-8-3-11(20)15-13(4-8)22-14(25)7-28-15;1-2/h1-5H,6-7H2,(H,21,27)(H,22,25)(H,23,24,26);1-2H3. The van der Waals surface area contributed by atoms with E-state index in [0.29, 0.717) is 5.56 Å². The summed E-state index contributed by atoms with van der Waals surface area (Å²) in [6.07, 6.45) is 0. The largest absolute Gasteiger partial charge is 0.478 e. The van der Waals surface area contributed by atoms with Crippen molar-refractivity contribution in [1.29, 1.82) is 0 Å². The van der Waals surface area contributed by atoms with Crippen LogP contribution in [0.2, 0.25) is 0 Å². The van der Waals surface area contributed by atoms with Crippen LogP contribution in [0.25, 0.3) is 10.9 Å². The van der Waals surface area contributed by atoms with E-state index >= 15 is 0 Å². The number of ether oxygens (including phenoxy) is 1. The SMILES string of the molecule is CC.O=C1COc2c(F)cc(CNC(=O)c3nc4ccc(F)cc4c(=O)[nH]3)cc2N1. The van der Waals surface area contributed by atoms with E-state index in [1.54, 1.807) is 0 Å². The van der Waals surface area contributed by atoms with Gasteiger partial charge in [0.2, 0.25) is 0 Å². The minimum Gasteiger partial charge on any atom is -0.478 e. The van der Waals surface area contributed by atoms with Crippen LogP contribution in [0, 0.1) is 11.6 Å². The third kappa shape index (κ3) is 4.27. The fourth-order valence-corrected chi connectivity index (χ4v) is 2.80. The van der Waals surface area contributed by atoms with E-state index < -0.39 is 29.0 Å². The Labute approximate surface area is 169 Å². The fourth-order valence-electron chi connectivity index (χ4n) is 2.80. The molecule has 1 aliphatic rings. The van der Waals surface area contributed by atoms with E-state index in [0.717, 1.165) is 18.2 Å². The highest BCUT2D eigenvalue weighted by Crippen LogP contribution is 2.31. The van der Waals surface area contributed by atoms with E-state index in [1.807, 2.05) is 13.8 Å². The first kappa shape index (κ1) is 20.9. The van der Waals surface area contributed by atoms with Crippen LogP contribution in [0.1, 0.15) is 30.0 Å². The topological polar surface area (TPSA) is 113 Å². The van der Waals surface area contributed by atoms with Crippen LogP contribution < -0.4 is 20.9 Å². The first-order valence-corrected chi connectivity index (χ1v) is 9.13. The zero-order chi connectivity index (χ0) is 21.8. The quantitative estimate of drug-likeness (QED) is 0.607. The molecule has 156 valence electrons. The molecular weight excluding hydrogens is 398 g/mol. The first-order chi connectivity index (χ1) is 14.4. The molecule has 3 N–H and O–H groups in total. The van der Waals surface area contributed by atoms with Gasteiger partial charge in [-0.2, -0.15) is 0 Å². The Morgan fingerprint density at radius 3 is 2.73 bits per heavy atom. The number of hydrogen-bond donors (Lipinski definition) is 3. The summed E-state index contributed by atoms with van der Waals surface area (Å²) in [6, 6.07) is 6.07. The molecule has 1 aromatic heterocycles. The molecule has 2 aromatic carbocycles. The number of halogens is 2. The molecule has 0 bridgehead atoms. The van der Waals surface area contributed by atoms with Gasteiger partial charge < -0.3 is 20.4 Å². The lowest BCUT2D eigenvalue weighted by atomic mass is 10.1. The Morgan fingerprint density at radius 2 is 1.97 bits per heavy atom. The molecule has 0 saturated carbocycles. The summed E-state index contributed by atoms with van der Waals surface area (Å²) in [5.41, 5.74) is 0.0321. The molecule has 0 atom stereocenters. The lowest BCUT2D eigenvalue weighted by Gasteiger charge is -2.19. The lowest BCUT2D eigenvalue weighted by Crippen LogP contribution is -2.28. The predicted octanol–water partition coefficient (Wildman–Crippen LogP) is 2.49. The normalized spacial score (nSPS) is 12.2. The molecule has 0 fully saturated rings. The highest BCUT2D eigenvalue weighted by molar-refractivity contribution is 5.95. The maximum atomic E-state index is 14.1. The molecule has 8 nitrogen and oxygen atoms in total. The maximum absolute atomic E-state index is 14.1. The average Bonchev–Trinajstić information content (AvgIpc) is 2.73. The van der Waals surface area contributed by atoms with E-state index in [2.05, 4.69) is 20.6 Å². The zero-order valence-electron chi connectivity index (χ0n) is 16.1. The van der Waals surface area contributed by atoms with E-state index in [9.17, 15) is 23.2 Å². The van der Waals surface area contributed by atoms with Crippen molar-refractivity contribution in [3.05, 3.63) is 63.7 Å². The van der Waals surface area contributed by atoms with Gasteiger partial charge in [0.1, 0.15) is 5.82 Å².